The Balaban J connectivity index is 2.44. The number of hydrogen-bond donors (Lipinski definition) is 1. The Hall–Kier alpha value is -2.59. The predicted octanol–water partition coefficient (Wildman–Crippen LogP) is 2.70. The minimum atomic E-state index is -3.83. The molecule has 0 saturated heterocycles. The van der Waals surface area contributed by atoms with Gasteiger partial charge in [-0.2, -0.15) is 0 Å². The first-order chi connectivity index (χ1) is 15.0. The number of ether oxygens (including phenoxy) is 1. The van der Waals surface area contributed by atoms with Crippen LogP contribution in [-0.4, -0.2) is 58.1 Å². The maximum absolute atomic E-state index is 13.4. The van der Waals surface area contributed by atoms with Crippen molar-refractivity contribution >= 4 is 43.5 Å². The van der Waals surface area contributed by atoms with Crippen LogP contribution < -0.4 is 14.4 Å². The van der Waals surface area contributed by atoms with Gasteiger partial charge < -0.3 is 15.0 Å². The molecule has 0 aliphatic carbocycles. The second-order valence-corrected chi connectivity index (χ2v) is 10.2. The first-order valence-corrected chi connectivity index (χ1v) is 12.5. The molecule has 0 fully saturated rings. The van der Waals surface area contributed by atoms with Gasteiger partial charge in [-0.15, -0.1) is 0 Å². The number of amides is 2. The fraction of sp³-hybridized carbons (Fsp3) is 0.364. The highest BCUT2D eigenvalue weighted by Gasteiger charge is 2.30. The van der Waals surface area contributed by atoms with Crippen molar-refractivity contribution in [1.29, 1.82) is 0 Å². The Kier molecular flexibility index (Phi) is 8.68. The molecule has 0 unspecified atom stereocenters. The maximum Gasteiger partial charge on any atom is 0.244 e. The fourth-order valence-corrected chi connectivity index (χ4v) is 4.28. The molecule has 0 aliphatic heterocycles. The van der Waals surface area contributed by atoms with Gasteiger partial charge in [0.1, 0.15) is 18.3 Å². The van der Waals surface area contributed by atoms with Crippen LogP contribution >= 0.6 is 15.9 Å². The van der Waals surface area contributed by atoms with E-state index in [2.05, 4.69) is 21.2 Å². The lowest BCUT2D eigenvalue weighted by Gasteiger charge is -2.31. The van der Waals surface area contributed by atoms with E-state index in [-0.39, 0.29) is 18.1 Å². The van der Waals surface area contributed by atoms with E-state index in [1.807, 2.05) is 31.2 Å². The molecule has 0 spiro atoms. The molecule has 2 amide bonds. The molecule has 0 aromatic heterocycles. The van der Waals surface area contributed by atoms with E-state index >= 15 is 0 Å². The van der Waals surface area contributed by atoms with Crippen molar-refractivity contribution in [3.05, 3.63) is 58.1 Å². The number of likely N-dealkylation sites (N-methyl/N-ethyl adjacent to an activating group) is 1. The molecule has 0 saturated carbocycles. The fourth-order valence-electron chi connectivity index (χ4n) is 3.17. The van der Waals surface area contributed by atoms with E-state index in [0.717, 1.165) is 26.2 Å². The van der Waals surface area contributed by atoms with Crippen LogP contribution in [0, 0.1) is 6.92 Å². The van der Waals surface area contributed by atoms with Gasteiger partial charge in [0.15, 0.2) is 0 Å². The van der Waals surface area contributed by atoms with E-state index in [9.17, 15) is 18.0 Å². The third kappa shape index (κ3) is 6.46. The van der Waals surface area contributed by atoms with Gasteiger partial charge in [0.2, 0.25) is 21.8 Å². The SMILES string of the molecule is CNC(=O)[C@H](C)N(Cc1ccc(Br)cc1)C(=O)CN(c1cc(C)ccc1OC)S(C)(=O)=O. The number of hydrogen-bond acceptors (Lipinski definition) is 5. The minimum Gasteiger partial charge on any atom is -0.495 e. The smallest absolute Gasteiger partial charge is 0.244 e. The quantitative estimate of drug-likeness (QED) is 0.542. The van der Waals surface area contributed by atoms with Crippen molar-refractivity contribution in [2.45, 2.75) is 26.4 Å². The van der Waals surface area contributed by atoms with Crippen LogP contribution in [0.15, 0.2) is 46.9 Å². The van der Waals surface area contributed by atoms with Crippen LogP contribution in [0.5, 0.6) is 5.75 Å². The maximum atomic E-state index is 13.4. The van der Waals surface area contributed by atoms with E-state index in [0.29, 0.717) is 5.75 Å². The van der Waals surface area contributed by atoms with E-state index in [4.69, 9.17) is 4.74 Å². The van der Waals surface area contributed by atoms with Crippen LogP contribution in [-0.2, 0) is 26.2 Å². The third-order valence-electron chi connectivity index (χ3n) is 4.96. The lowest BCUT2D eigenvalue weighted by molar-refractivity contribution is -0.139. The second kappa shape index (κ2) is 10.8. The molecule has 0 aliphatic rings. The summed E-state index contributed by atoms with van der Waals surface area (Å²) >= 11 is 3.37. The number of methoxy groups -OCH3 is 1. The molecule has 2 rings (SSSR count). The lowest BCUT2D eigenvalue weighted by Crippen LogP contribution is -2.50. The molecular formula is C22H28BrN3O5S. The van der Waals surface area contributed by atoms with E-state index < -0.39 is 28.5 Å². The number of anilines is 1. The van der Waals surface area contributed by atoms with Crippen molar-refractivity contribution < 1.29 is 22.7 Å². The molecule has 2 aromatic carbocycles. The highest BCUT2D eigenvalue weighted by molar-refractivity contribution is 9.10. The first kappa shape index (κ1) is 25.7. The number of rotatable bonds is 9. The van der Waals surface area contributed by atoms with Gasteiger partial charge in [-0.3, -0.25) is 13.9 Å². The number of benzene rings is 2. The number of nitrogens with zero attached hydrogens (tertiary/aromatic N) is 2. The largest absolute Gasteiger partial charge is 0.495 e. The number of nitrogens with one attached hydrogen (secondary N) is 1. The molecule has 8 nitrogen and oxygen atoms in total. The van der Waals surface area contributed by atoms with Crippen molar-refractivity contribution in [1.82, 2.24) is 10.2 Å². The molecule has 0 radical (unpaired) electrons. The first-order valence-electron chi connectivity index (χ1n) is 9.85. The van der Waals surface area contributed by atoms with Crippen LogP contribution in [0.4, 0.5) is 5.69 Å². The third-order valence-corrected chi connectivity index (χ3v) is 6.62. The highest BCUT2D eigenvalue weighted by Crippen LogP contribution is 2.31. The van der Waals surface area contributed by atoms with Crippen LogP contribution in [0.2, 0.25) is 0 Å². The summed E-state index contributed by atoms with van der Waals surface area (Å²) < 4.78 is 32.5. The zero-order valence-electron chi connectivity index (χ0n) is 18.8. The Morgan fingerprint density at radius 2 is 1.78 bits per heavy atom. The number of halogens is 1. The average Bonchev–Trinajstić information content (AvgIpc) is 2.75. The zero-order chi connectivity index (χ0) is 24.1. The Morgan fingerprint density at radius 3 is 2.31 bits per heavy atom. The number of sulfonamides is 1. The number of carbonyl (C=O) groups excluding carboxylic acids is 2. The summed E-state index contributed by atoms with van der Waals surface area (Å²) in [6, 6.07) is 11.6. The van der Waals surface area contributed by atoms with Gasteiger partial charge in [-0.1, -0.05) is 34.1 Å². The summed E-state index contributed by atoms with van der Waals surface area (Å²) in [5, 5.41) is 2.54. The number of carbonyl (C=O) groups is 2. The number of aryl methyl sites for hydroxylation is 1. The molecule has 10 heteroatoms. The molecule has 0 heterocycles. The summed E-state index contributed by atoms with van der Waals surface area (Å²) in [6.45, 7) is 3.09. The molecular weight excluding hydrogens is 498 g/mol. The molecule has 1 atom stereocenters. The van der Waals surface area contributed by atoms with Gasteiger partial charge in [-0.25, -0.2) is 8.42 Å². The van der Waals surface area contributed by atoms with Gasteiger partial charge >= 0.3 is 0 Å². The second-order valence-electron chi connectivity index (χ2n) is 7.38. The Bertz CT molecular complexity index is 1070. The van der Waals surface area contributed by atoms with Gasteiger partial charge in [0.05, 0.1) is 19.1 Å². The van der Waals surface area contributed by atoms with Crippen LogP contribution in [0.1, 0.15) is 18.1 Å². The molecule has 0 bridgehead atoms. The standard InChI is InChI=1S/C22H28BrN3O5S/c1-15-6-11-20(31-4)19(12-15)26(32(5,29)30)14-21(27)25(16(2)22(28)24-3)13-17-7-9-18(23)10-8-17/h6-12,16H,13-14H2,1-5H3,(H,24,28)/t16-/m0/s1. The molecule has 32 heavy (non-hydrogen) atoms. The topological polar surface area (TPSA) is 96.0 Å². The molecule has 174 valence electrons. The summed E-state index contributed by atoms with van der Waals surface area (Å²) in [6.07, 6.45) is 1.03. The van der Waals surface area contributed by atoms with Crippen molar-refractivity contribution in [3.63, 3.8) is 0 Å². The van der Waals surface area contributed by atoms with E-state index in [1.165, 1.54) is 19.1 Å². The zero-order valence-corrected chi connectivity index (χ0v) is 21.2. The highest BCUT2D eigenvalue weighted by atomic mass is 79.9. The lowest BCUT2D eigenvalue weighted by atomic mass is 10.1. The predicted molar refractivity (Wildman–Crippen MR) is 128 cm³/mol. The van der Waals surface area contributed by atoms with Crippen molar-refractivity contribution in [3.8, 4) is 5.75 Å². The summed E-state index contributed by atoms with van der Waals surface area (Å²) in [5.41, 5.74) is 1.88. The van der Waals surface area contributed by atoms with Gasteiger partial charge in [-0.05, 0) is 49.2 Å². The summed E-state index contributed by atoms with van der Waals surface area (Å²) in [7, 11) is -0.905. The minimum absolute atomic E-state index is 0.142. The Labute approximate surface area is 197 Å². The monoisotopic (exact) mass is 525 g/mol. The summed E-state index contributed by atoms with van der Waals surface area (Å²) in [4.78, 5) is 27.1. The van der Waals surface area contributed by atoms with Crippen LogP contribution in [0.25, 0.3) is 0 Å². The molecule has 2 aromatic rings. The van der Waals surface area contributed by atoms with Crippen LogP contribution in [0.3, 0.4) is 0 Å². The van der Waals surface area contributed by atoms with Crippen molar-refractivity contribution in [2.24, 2.45) is 0 Å². The van der Waals surface area contributed by atoms with Crippen molar-refractivity contribution in [2.75, 3.05) is 31.3 Å². The van der Waals surface area contributed by atoms with E-state index in [1.54, 1.807) is 25.1 Å². The normalized spacial score (nSPS) is 12.1. The summed E-state index contributed by atoms with van der Waals surface area (Å²) in [5.74, 6) is -0.542. The Morgan fingerprint density at radius 1 is 1.16 bits per heavy atom. The van der Waals surface area contributed by atoms with Gasteiger partial charge in [0, 0.05) is 18.1 Å². The molecule has 1 N–H and O–H groups in total. The van der Waals surface area contributed by atoms with Gasteiger partial charge in [0.25, 0.3) is 0 Å². The average molecular weight is 526 g/mol.